The quantitative estimate of drug-likeness (QED) is 0.269. The van der Waals surface area contributed by atoms with Gasteiger partial charge in [-0.15, -0.1) is 0 Å². The number of alkyl halides is 3. The number of aromatic nitrogens is 2. The third-order valence-electron chi connectivity index (χ3n) is 7.56. The average molecular weight is 500 g/mol. The van der Waals surface area contributed by atoms with E-state index in [0.29, 0.717) is 43.1 Å². The first-order chi connectivity index (χ1) is 16.2. The topological polar surface area (TPSA) is 164 Å². The molecule has 0 aromatic carbocycles. The van der Waals surface area contributed by atoms with Crippen molar-refractivity contribution in [1.29, 1.82) is 5.41 Å². The van der Waals surface area contributed by atoms with Crippen molar-refractivity contribution in [1.82, 2.24) is 19.4 Å². The van der Waals surface area contributed by atoms with E-state index >= 15 is 0 Å². The maximum absolute atomic E-state index is 13.1. The lowest BCUT2D eigenvalue weighted by atomic mass is 9.51. The highest BCUT2D eigenvalue weighted by Gasteiger charge is 2.64. The van der Waals surface area contributed by atoms with Gasteiger partial charge in [-0.05, 0) is 50.4 Å². The van der Waals surface area contributed by atoms with Gasteiger partial charge in [0.15, 0.2) is 0 Å². The minimum absolute atomic E-state index is 0.236. The number of amides is 3. The third-order valence-corrected chi connectivity index (χ3v) is 7.56. The lowest BCUT2D eigenvalue weighted by Gasteiger charge is -2.55. The van der Waals surface area contributed by atoms with E-state index in [2.05, 4.69) is 5.32 Å². The van der Waals surface area contributed by atoms with Gasteiger partial charge in [0.1, 0.15) is 16.9 Å². The zero-order chi connectivity index (χ0) is 25.9. The van der Waals surface area contributed by atoms with Gasteiger partial charge in [0.05, 0.1) is 0 Å². The normalized spacial score (nSPS) is 28.5. The summed E-state index contributed by atoms with van der Waals surface area (Å²) in [6.07, 6.45) is -3.39. The van der Waals surface area contributed by atoms with E-state index in [-0.39, 0.29) is 11.3 Å². The Kier molecular flexibility index (Phi) is 5.75. The van der Waals surface area contributed by atoms with Crippen LogP contribution in [-0.2, 0) is 11.3 Å². The number of imide groups is 1. The van der Waals surface area contributed by atoms with E-state index in [1.165, 1.54) is 7.05 Å². The first kappa shape index (κ1) is 24.8. The molecule has 2 spiro atoms. The number of hydrogen-bond donors (Lipinski definition) is 4. The molecule has 1 aromatic heterocycles. The monoisotopic (exact) mass is 500 g/mol. The van der Waals surface area contributed by atoms with Crippen molar-refractivity contribution in [2.45, 2.75) is 75.7 Å². The van der Waals surface area contributed by atoms with Gasteiger partial charge >= 0.3 is 17.9 Å². The zero-order valence-electron chi connectivity index (χ0n) is 19.1. The van der Waals surface area contributed by atoms with Crippen LogP contribution in [0, 0.1) is 10.8 Å². The molecule has 3 amide bonds. The number of likely N-dealkylation sites (N-methyl/N-ethyl adjacent to an activating group) is 1. The molecule has 1 aromatic rings. The van der Waals surface area contributed by atoms with Gasteiger partial charge in [0.25, 0.3) is 11.5 Å². The third kappa shape index (κ3) is 4.08. The molecule has 0 bridgehead atoms. The first-order valence-corrected chi connectivity index (χ1v) is 11.3. The Hall–Kier alpha value is -3.32. The van der Waals surface area contributed by atoms with E-state index in [4.69, 9.17) is 11.1 Å². The van der Waals surface area contributed by atoms with Crippen molar-refractivity contribution in [3.05, 3.63) is 26.4 Å². The number of rotatable bonds is 5. The summed E-state index contributed by atoms with van der Waals surface area (Å²) >= 11 is 0. The number of nitrogen functional groups attached to an aromatic ring is 1. The number of halogens is 3. The van der Waals surface area contributed by atoms with E-state index in [0.717, 1.165) is 9.47 Å². The Morgan fingerprint density at radius 3 is 2.29 bits per heavy atom. The van der Waals surface area contributed by atoms with Crippen LogP contribution in [-0.4, -0.2) is 55.7 Å². The second-order valence-corrected chi connectivity index (χ2v) is 9.90. The van der Waals surface area contributed by atoms with E-state index in [1.54, 1.807) is 0 Å². The molecule has 1 saturated heterocycles. The number of carbonyl (C=O) groups is 2. The number of nitrogens with zero attached hydrogens (tertiary/aromatic N) is 3. The van der Waals surface area contributed by atoms with Crippen LogP contribution in [0.4, 0.5) is 18.0 Å². The Balaban J connectivity index is 1.56. The molecule has 4 rings (SSSR count). The predicted molar refractivity (Wildman–Crippen MR) is 116 cm³/mol. The molecule has 2 heterocycles. The van der Waals surface area contributed by atoms with Gasteiger partial charge in [-0.3, -0.25) is 29.0 Å². The van der Waals surface area contributed by atoms with Crippen molar-refractivity contribution < 1.29 is 27.9 Å². The molecule has 2 aliphatic carbocycles. The highest BCUT2D eigenvalue weighted by molar-refractivity contribution is 6.07. The maximum atomic E-state index is 13.1. The summed E-state index contributed by atoms with van der Waals surface area (Å²) in [6.45, 7) is -0.501. The van der Waals surface area contributed by atoms with Crippen molar-refractivity contribution in [2.75, 3.05) is 7.05 Å². The molecule has 5 N–H and O–H groups in total. The minimum Gasteiger partial charge on any atom is -0.494 e. The summed E-state index contributed by atoms with van der Waals surface area (Å²) in [7, 11) is 1.41. The lowest BCUT2D eigenvalue weighted by Crippen LogP contribution is -2.63. The summed E-state index contributed by atoms with van der Waals surface area (Å²) in [4.78, 5) is 51.5. The summed E-state index contributed by atoms with van der Waals surface area (Å²) in [6, 6.07) is -1.06. The van der Waals surface area contributed by atoms with Gasteiger partial charge in [-0.1, -0.05) is 0 Å². The molecule has 14 heteroatoms. The minimum atomic E-state index is -4.45. The Morgan fingerprint density at radius 1 is 1.20 bits per heavy atom. The molecular formula is C21H27F3N6O5. The molecule has 3 aliphatic rings. The molecule has 1 aliphatic heterocycles. The van der Waals surface area contributed by atoms with Crippen LogP contribution >= 0.6 is 0 Å². The van der Waals surface area contributed by atoms with Gasteiger partial charge in [-0.25, -0.2) is 9.59 Å². The summed E-state index contributed by atoms with van der Waals surface area (Å²) in [5, 5.41) is 20.8. The van der Waals surface area contributed by atoms with Gasteiger partial charge in [0, 0.05) is 26.1 Å². The molecule has 192 valence electrons. The van der Waals surface area contributed by atoms with Gasteiger partial charge in [0.2, 0.25) is 5.88 Å². The molecule has 11 nitrogen and oxygen atoms in total. The Morgan fingerprint density at radius 2 is 1.80 bits per heavy atom. The molecule has 0 atom stereocenters. The van der Waals surface area contributed by atoms with Crippen LogP contribution in [0.25, 0.3) is 0 Å². The van der Waals surface area contributed by atoms with Crippen molar-refractivity contribution in [2.24, 2.45) is 11.1 Å². The maximum Gasteiger partial charge on any atom is 0.389 e. The molecule has 0 radical (unpaired) electrons. The summed E-state index contributed by atoms with van der Waals surface area (Å²) < 4.78 is 39.3. The van der Waals surface area contributed by atoms with Crippen LogP contribution < -0.4 is 22.3 Å². The molecule has 35 heavy (non-hydrogen) atoms. The Labute approximate surface area is 197 Å². The van der Waals surface area contributed by atoms with Crippen molar-refractivity contribution in [3.8, 4) is 5.88 Å². The zero-order valence-corrected chi connectivity index (χ0v) is 19.1. The van der Waals surface area contributed by atoms with Crippen LogP contribution in [0.5, 0.6) is 5.88 Å². The average Bonchev–Trinajstić information content (AvgIpc) is 2.94. The number of carbonyl (C=O) groups excluding carboxylic acids is 2. The van der Waals surface area contributed by atoms with Crippen LogP contribution in [0.1, 0.15) is 63.0 Å². The molecule has 0 unspecified atom stereocenters. The van der Waals surface area contributed by atoms with E-state index < -0.39 is 71.7 Å². The SMILES string of the molecule is CN1C(=O)NC2(CC3(CCC(n4c(=O)c(C(=N)N)c(O)n(CCCC(F)(F)F)c4=O)CC3)C2)C1=O. The van der Waals surface area contributed by atoms with Crippen LogP contribution in [0.3, 0.4) is 0 Å². The standard InChI is InChI=1S/C21H27F3N6O5/c1-28-16(33)20(27-17(28)34)9-19(10-20)6-3-11(4-7-19)30-15(32)12(13(25)26)14(31)29(18(30)35)8-2-5-21(22,23)24/h11,31H,2-10H2,1H3,(H3,25,26)(H,27,34). The van der Waals surface area contributed by atoms with E-state index in [1.807, 2.05) is 0 Å². The fourth-order valence-electron chi connectivity index (χ4n) is 5.91. The van der Waals surface area contributed by atoms with Crippen molar-refractivity contribution in [3.63, 3.8) is 0 Å². The van der Waals surface area contributed by atoms with Gasteiger partial charge in [-0.2, -0.15) is 13.2 Å². The van der Waals surface area contributed by atoms with Crippen molar-refractivity contribution >= 4 is 17.8 Å². The van der Waals surface area contributed by atoms with E-state index in [9.17, 15) is 37.5 Å². The molecular weight excluding hydrogens is 473 g/mol. The number of hydrogen-bond acceptors (Lipinski definition) is 6. The summed E-state index contributed by atoms with van der Waals surface area (Å²) in [5.74, 6) is -1.99. The van der Waals surface area contributed by atoms with Crippen LogP contribution in [0.15, 0.2) is 9.59 Å². The number of nitrogens with one attached hydrogen (secondary N) is 2. The fourth-order valence-corrected chi connectivity index (χ4v) is 5.91. The molecule has 2 saturated carbocycles. The Bertz CT molecular complexity index is 1200. The number of amidine groups is 1. The number of aromatic hydroxyl groups is 1. The fraction of sp³-hybridized carbons (Fsp3) is 0.667. The largest absolute Gasteiger partial charge is 0.494 e. The number of nitrogens with two attached hydrogens (primary N) is 1. The highest BCUT2D eigenvalue weighted by Crippen LogP contribution is 2.59. The first-order valence-electron chi connectivity index (χ1n) is 11.3. The predicted octanol–water partition coefficient (Wildman–Crippen LogP) is 1.16. The highest BCUT2D eigenvalue weighted by atomic mass is 19.4. The van der Waals surface area contributed by atoms with Gasteiger partial charge < -0.3 is 16.2 Å². The second-order valence-electron chi connectivity index (χ2n) is 9.90. The summed E-state index contributed by atoms with van der Waals surface area (Å²) in [5.41, 5.74) is 1.76. The molecule has 3 fully saturated rings. The smallest absolute Gasteiger partial charge is 0.389 e. The lowest BCUT2D eigenvalue weighted by molar-refractivity contribution is -0.141. The second kappa shape index (κ2) is 8.12. The van der Waals surface area contributed by atoms with Crippen LogP contribution in [0.2, 0.25) is 0 Å². The number of urea groups is 1.